The van der Waals surface area contributed by atoms with Crippen LogP contribution in [0.5, 0.6) is 0 Å². The maximum absolute atomic E-state index is 12.4. The van der Waals surface area contributed by atoms with Gasteiger partial charge in [0.25, 0.3) is 5.24 Å². The molecule has 3 rings (SSSR count). The summed E-state index contributed by atoms with van der Waals surface area (Å²) < 4.78 is 24.3. The van der Waals surface area contributed by atoms with Crippen molar-refractivity contribution in [1.82, 2.24) is 14.1 Å². The predicted molar refractivity (Wildman–Crippen MR) is 84.2 cm³/mol. The number of carbonyl (C=O) groups is 3. The number of amides is 3. The lowest BCUT2D eigenvalue weighted by molar-refractivity contribution is -0.146. The van der Waals surface area contributed by atoms with E-state index in [0.29, 0.717) is 39.0 Å². The molecule has 0 bridgehead atoms. The predicted octanol–water partition coefficient (Wildman–Crippen LogP) is -0.436. The Balaban J connectivity index is 1.50. The molecule has 8 nitrogen and oxygen atoms in total. The fourth-order valence-electron chi connectivity index (χ4n) is 3.21. The molecule has 3 aliphatic rings. The maximum atomic E-state index is 12.4. The number of likely N-dealkylation sites (tertiary alicyclic amines) is 1. The molecule has 0 unspecified atom stereocenters. The SMILES string of the molecule is CS(=O)(=O)N1CCC(C(=O)N2CC(N3C(=O)CSC3=O)C2)CC1. The van der Waals surface area contributed by atoms with Gasteiger partial charge in [-0.15, -0.1) is 0 Å². The van der Waals surface area contributed by atoms with Crippen molar-refractivity contribution in [1.29, 1.82) is 0 Å². The van der Waals surface area contributed by atoms with E-state index in [4.69, 9.17) is 0 Å². The van der Waals surface area contributed by atoms with Gasteiger partial charge in [0.2, 0.25) is 21.8 Å². The van der Waals surface area contributed by atoms with Crippen LogP contribution in [-0.2, 0) is 19.6 Å². The number of nitrogens with zero attached hydrogens (tertiary/aromatic N) is 3. The molecule has 0 aliphatic carbocycles. The topological polar surface area (TPSA) is 95.1 Å². The Morgan fingerprint density at radius 2 is 1.78 bits per heavy atom. The van der Waals surface area contributed by atoms with Gasteiger partial charge >= 0.3 is 0 Å². The molecule has 3 fully saturated rings. The fourth-order valence-corrected chi connectivity index (χ4v) is 4.86. The summed E-state index contributed by atoms with van der Waals surface area (Å²) in [6.07, 6.45) is 2.21. The van der Waals surface area contributed by atoms with Crippen molar-refractivity contribution < 1.29 is 22.8 Å². The zero-order valence-electron chi connectivity index (χ0n) is 12.8. The summed E-state index contributed by atoms with van der Waals surface area (Å²) in [5.74, 6) is -0.166. The summed E-state index contributed by atoms with van der Waals surface area (Å²) in [4.78, 5) is 38.6. The molecule has 3 aliphatic heterocycles. The van der Waals surface area contributed by atoms with E-state index in [1.807, 2.05) is 0 Å². The van der Waals surface area contributed by atoms with Gasteiger partial charge in [-0.3, -0.25) is 19.3 Å². The Morgan fingerprint density at radius 1 is 1.17 bits per heavy atom. The van der Waals surface area contributed by atoms with Crippen molar-refractivity contribution in [2.75, 3.05) is 38.2 Å². The normalized spacial score (nSPS) is 25.1. The molecule has 0 radical (unpaired) electrons. The third-order valence-electron chi connectivity index (χ3n) is 4.60. The van der Waals surface area contributed by atoms with E-state index in [1.54, 1.807) is 4.90 Å². The Labute approximate surface area is 139 Å². The first-order chi connectivity index (χ1) is 10.8. The molecule has 128 valence electrons. The number of sulfonamides is 1. The second-order valence-corrected chi connectivity index (χ2v) is 9.06. The molecule has 0 saturated carbocycles. The van der Waals surface area contributed by atoms with E-state index < -0.39 is 10.0 Å². The largest absolute Gasteiger partial charge is 0.338 e. The van der Waals surface area contributed by atoms with E-state index in [1.165, 1.54) is 15.5 Å². The van der Waals surface area contributed by atoms with Gasteiger partial charge in [0.15, 0.2) is 0 Å². The highest BCUT2D eigenvalue weighted by Gasteiger charge is 2.44. The molecule has 0 aromatic rings. The maximum Gasteiger partial charge on any atom is 0.289 e. The highest BCUT2D eigenvalue weighted by molar-refractivity contribution is 8.14. The van der Waals surface area contributed by atoms with Crippen LogP contribution in [0.4, 0.5) is 4.79 Å². The number of thioether (sulfide) groups is 1. The molecule has 10 heteroatoms. The zero-order chi connectivity index (χ0) is 16.8. The van der Waals surface area contributed by atoms with Crippen LogP contribution >= 0.6 is 11.8 Å². The monoisotopic (exact) mass is 361 g/mol. The number of hydrogen-bond acceptors (Lipinski definition) is 6. The molecule has 0 atom stereocenters. The van der Waals surface area contributed by atoms with Crippen molar-refractivity contribution in [2.24, 2.45) is 5.92 Å². The molecule has 3 saturated heterocycles. The lowest BCUT2D eigenvalue weighted by Crippen LogP contribution is -2.63. The summed E-state index contributed by atoms with van der Waals surface area (Å²) in [6, 6.07) is -0.204. The second-order valence-electron chi connectivity index (χ2n) is 6.15. The average Bonchev–Trinajstić information content (AvgIpc) is 2.77. The summed E-state index contributed by atoms with van der Waals surface area (Å²) >= 11 is 1.00. The standard InChI is InChI=1S/C13H19N3O5S2/c1-23(20,21)15-4-2-9(3-5-15)12(18)14-6-10(7-14)16-11(17)8-22-13(16)19/h9-10H,2-8H2,1H3. The highest BCUT2D eigenvalue weighted by Crippen LogP contribution is 2.29. The molecule has 0 N–H and O–H groups in total. The molecule has 23 heavy (non-hydrogen) atoms. The van der Waals surface area contributed by atoms with Crippen molar-refractivity contribution in [3.8, 4) is 0 Å². The van der Waals surface area contributed by atoms with E-state index in [0.717, 1.165) is 11.8 Å². The molecule has 3 amide bonds. The second kappa shape index (κ2) is 6.06. The Kier molecular flexibility index (Phi) is 4.41. The van der Waals surface area contributed by atoms with E-state index in [-0.39, 0.29) is 34.8 Å². The van der Waals surface area contributed by atoms with Crippen LogP contribution in [0.15, 0.2) is 0 Å². The van der Waals surface area contributed by atoms with Crippen LogP contribution in [0.25, 0.3) is 0 Å². The number of imide groups is 1. The smallest absolute Gasteiger partial charge is 0.289 e. The first-order valence-corrected chi connectivity index (χ1v) is 10.3. The third kappa shape index (κ3) is 3.24. The minimum Gasteiger partial charge on any atom is -0.338 e. The van der Waals surface area contributed by atoms with E-state index in [9.17, 15) is 22.8 Å². The van der Waals surface area contributed by atoms with E-state index >= 15 is 0 Å². The number of rotatable bonds is 3. The fraction of sp³-hybridized carbons (Fsp3) is 0.769. The average molecular weight is 361 g/mol. The van der Waals surface area contributed by atoms with Crippen molar-refractivity contribution in [2.45, 2.75) is 18.9 Å². The lowest BCUT2D eigenvalue weighted by Gasteiger charge is -2.44. The minimum atomic E-state index is -3.19. The Morgan fingerprint density at radius 3 is 2.26 bits per heavy atom. The Hall–Kier alpha value is -1.13. The molecule has 3 heterocycles. The van der Waals surface area contributed by atoms with Gasteiger partial charge < -0.3 is 4.90 Å². The van der Waals surface area contributed by atoms with E-state index in [2.05, 4.69) is 0 Å². The van der Waals surface area contributed by atoms with Crippen LogP contribution in [-0.4, -0.2) is 83.8 Å². The van der Waals surface area contributed by atoms with Gasteiger partial charge in [-0.1, -0.05) is 11.8 Å². The molecule has 0 spiro atoms. The summed E-state index contributed by atoms with van der Waals surface area (Å²) in [5.41, 5.74) is 0. The van der Waals surface area contributed by atoms with Crippen molar-refractivity contribution >= 4 is 38.8 Å². The third-order valence-corrected chi connectivity index (χ3v) is 6.73. The zero-order valence-corrected chi connectivity index (χ0v) is 14.4. The van der Waals surface area contributed by atoms with Gasteiger partial charge in [0, 0.05) is 32.1 Å². The van der Waals surface area contributed by atoms with Crippen molar-refractivity contribution in [3.05, 3.63) is 0 Å². The van der Waals surface area contributed by atoms with Crippen LogP contribution in [0.3, 0.4) is 0 Å². The summed E-state index contributed by atoms with van der Waals surface area (Å²) in [6.45, 7) is 1.52. The first-order valence-electron chi connectivity index (χ1n) is 7.50. The quantitative estimate of drug-likeness (QED) is 0.677. The van der Waals surface area contributed by atoms with Crippen LogP contribution in [0.1, 0.15) is 12.8 Å². The van der Waals surface area contributed by atoms with Gasteiger partial charge in [-0.05, 0) is 12.8 Å². The first kappa shape index (κ1) is 16.7. The van der Waals surface area contributed by atoms with Crippen LogP contribution in [0.2, 0.25) is 0 Å². The lowest BCUT2D eigenvalue weighted by atomic mass is 9.94. The van der Waals surface area contributed by atoms with Gasteiger partial charge in [-0.25, -0.2) is 12.7 Å². The van der Waals surface area contributed by atoms with Crippen LogP contribution < -0.4 is 0 Å². The Bertz CT molecular complexity index is 620. The van der Waals surface area contributed by atoms with Crippen LogP contribution in [0, 0.1) is 5.92 Å². The number of hydrogen-bond donors (Lipinski definition) is 0. The number of piperidine rings is 1. The summed E-state index contributed by atoms with van der Waals surface area (Å²) in [5, 5.41) is -0.228. The number of carbonyl (C=O) groups excluding carboxylic acids is 3. The molecule has 0 aromatic heterocycles. The molecular formula is C13H19N3O5S2. The minimum absolute atomic E-state index is 0.00106. The molecular weight excluding hydrogens is 342 g/mol. The van der Waals surface area contributed by atoms with Gasteiger partial charge in [0.05, 0.1) is 18.1 Å². The molecule has 0 aromatic carbocycles. The van der Waals surface area contributed by atoms with Crippen molar-refractivity contribution in [3.63, 3.8) is 0 Å². The highest BCUT2D eigenvalue weighted by atomic mass is 32.2. The van der Waals surface area contributed by atoms with Gasteiger partial charge in [-0.2, -0.15) is 0 Å². The summed E-state index contributed by atoms with van der Waals surface area (Å²) in [7, 11) is -3.19. The van der Waals surface area contributed by atoms with Gasteiger partial charge in [0.1, 0.15) is 0 Å².